The van der Waals surface area contributed by atoms with Crippen LogP contribution in [-0.4, -0.2) is 36.0 Å². The molecular weight excluding hydrogens is 347 g/mol. The first-order chi connectivity index (χ1) is 12.3. The van der Waals surface area contributed by atoms with Gasteiger partial charge in [0.25, 0.3) is 5.78 Å². The van der Waals surface area contributed by atoms with Gasteiger partial charge in [-0.05, 0) is 11.1 Å². The number of Topliss-reactive ketones (excluding diaryl/α,β-unsaturated/α-hetero) is 1. The van der Waals surface area contributed by atoms with E-state index in [0.717, 1.165) is 7.05 Å². The normalized spacial score (nSPS) is 12.3. The Kier molecular flexibility index (Phi) is 6.38. The number of amides is 1. The van der Waals surface area contributed by atoms with Gasteiger partial charge in [-0.1, -0.05) is 60.7 Å². The van der Waals surface area contributed by atoms with Crippen LogP contribution in [0.1, 0.15) is 11.1 Å². The minimum absolute atomic E-state index is 0.0950. The molecule has 2 aromatic rings. The van der Waals surface area contributed by atoms with Crippen LogP contribution >= 0.6 is 0 Å². The van der Waals surface area contributed by atoms with Crippen LogP contribution in [0.2, 0.25) is 0 Å². The van der Waals surface area contributed by atoms with Crippen LogP contribution in [0.4, 0.5) is 18.0 Å². The van der Waals surface area contributed by atoms with Crippen LogP contribution in [0, 0.1) is 0 Å². The van der Waals surface area contributed by atoms with Gasteiger partial charge in [-0.3, -0.25) is 4.79 Å². The summed E-state index contributed by atoms with van der Waals surface area (Å²) in [5, 5.41) is 0. The van der Waals surface area contributed by atoms with Crippen LogP contribution in [0.3, 0.4) is 0 Å². The highest BCUT2D eigenvalue weighted by molar-refractivity contribution is 5.91. The van der Waals surface area contributed by atoms with Gasteiger partial charge in [-0.25, -0.2) is 4.79 Å². The predicted octanol–water partition coefficient (Wildman–Crippen LogP) is 4.00. The van der Waals surface area contributed by atoms with Crippen LogP contribution in [0.25, 0.3) is 0 Å². The average Bonchev–Trinajstić information content (AvgIpc) is 2.64. The quantitative estimate of drug-likeness (QED) is 0.777. The standard InChI is InChI=1S/C19H18F3NO3/c1-23(18(25)26-13-15-10-6-3-7-11-15)16(17(24)19(20,21)22)12-14-8-4-2-5-9-14/h2-11,16H,12-13H2,1H3. The Labute approximate surface area is 149 Å². The molecule has 1 amide bonds. The molecule has 4 nitrogen and oxygen atoms in total. The van der Waals surface area contributed by atoms with Gasteiger partial charge >= 0.3 is 12.3 Å². The number of ketones is 1. The SMILES string of the molecule is CN(C(=O)OCc1ccccc1)C(Cc1ccccc1)C(=O)C(F)(F)F. The molecule has 0 saturated carbocycles. The van der Waals surface area contributed by atoms with Crippen LogP contribution in [-0.2, 0) is 22.6 Å². The number of hydrogen-bond donors (Lipinski definition) is 0. The van der Waals surface area contributed by atoms with E-state index < -0.39 is 24.1 Å². The van der Waals surface area contributed by atoms with Gasteiger partial charge in [0.15, 0.2) is 0 Å². The van der Waals surface area contributed by atoms with E-state index >= 15 is 0 Å². The summed E-state index contributed by atoms with van der Waals surface area (Å²) in [6, 6.07) is 15.2. The maximum absolute atomic E-state index is 12.9. The summed E-state index contributed by atoms with van der Waals surface area (Å²) >= 11 is 0. The fourth-order valence-corrected chi connectivity index (χ4v) is 2.38. The minimum atomic E-state index is -5.05. The summed E-state index contributed by atoms with van der Waals surface area (Å²) < 4.78 is 43.9. The molecule has 0 N–H and O–H groups in total. The third kappa shape index (κ3) is 5.34. The number of alkyl halides is 3. The number of rotatable bonds is 6. The van der Waals surface area contributed by atoms with Crippen LogP contribution in [0.15, 0.2) is 60.7 Å². The smallest absolute Gasteiger partial charge is 0.445 e. The third-order valence-electron chi connectivity index (χ3n) is 3.81. The molecule has 2 aromatic carbocycles. The fourth-order valence-electron chi connectivity index (χ4n) is 2.38. The lowest BCUT2D eigenvalue weighted by Gasteiger charge is -2.27. The highest BCUT2D eigenvalue weighted by atomic mass is 19.4. The van der Waals surface area contributed by atoms with Gasteiger partial charge in [0.1, 0.15) is 12.6 Å². The monoisotopic (exact) mass is 365 g/mol. The van der Waals surface area contributed by atoms with Gasteiger partial charge in [0, 0.05) is 13.5 Å². The molecule has 0 fully saturated rings. The predicted molar refractivity (Wildman–Crippen MR) is 89.4 cm³/mol. The van der Waals surface area contributed by atoms with Crippen molar-refractivity contribution in [1.82, 2.24) is 4.90 Å². The largest absolute Gasteiger partial charge is 0.452 e. The molecule has 0 radical (unpaired) electrons. The van der Waals surface area contributed by atoms with Crippen molar-refractivity contribution in [2.24, 2.45) is 0 Å². The van der Waals surface area contributed by atoms with Gasteiger partial charge in [0.2, 0.25) is 0 Å². The molecule has 0 aromatic heterocycles. The zero-order valence-corrected chi connectivity index (χ0v) is 14.1. The van der Waals surface area contributed by atoms with Crippen molar-refractivity contribution in [3.05, 3.63) is 71.8 Å². The van der Waals surface area contributed by atoms with Gasteiger partial charge in [-0.15, -0.1) is 0 Å². The van der Waals surface area contributed by atoms with E-state index in [1.54, 1.807) is 60.7 Å². The van der Waals surface area contributed by atoms with Crippen molar-refractivity contribution in [3.63, 3.8) is 0 Å². The highest BCUT2D eigenvalue weighted by Gasteiger charge is 2.46. The molecule has 2 rings (SSSR count). The second kappa shape index (κ2) is 8.51. The van der Waals surface area contributed by atoms with E-state index in [1.807, 2.05) is 0 Å². The summed E-state index contributed by atoms with van der Waals surface area (Å²) in [7, 11) is 1.13. The number of ether oxygens (including phenoxy) is 1. The summed E-state index contributed by atoms with van der Waals surface area (Å²) in [5.74, 6) is -1.99. The number of hydrogen-bond acceptors (Lipinski definition) is 3. The molecule has 0 saturated heterocycles. The Morgan fingerprint density at radius 2 is 1.46 bits per heavy atom. The summed E-state index contributed by atoms with van der Waals surface area (Å²) in [6.45, 7) is -0.0950. The van der Waals surface area contributed by atoms with E-state index in [9.17, 15) is 22.8 Å². The molecule has 1 unspecified atom stereocenters. The summed E-state index contributed by atoms with van der Waals surface area (Å²) in [6.07, 6.45) is -6.30. The molecule has 1 atom stereocenters. The topological polar surface area (TPSA) is 46.6 Å². The Morgan fingerprint density at radius 1 is 0.962 bits per heavy atom. The summed E-state index contributed by atoms with van der Waals surface area (Å²) in [4.78, 5) is 24.7. The number of carbonyl (C=O) groups excluding carboxylic acids is 2. The van der Waals surface area contributed by atoms with Crippen molar-refractivity contribution in [1.29, 1.82) is 0 Å². The Morgan fingerprint density at radius 3 is 1.96 bits per heavy atom. The van der Waals surface area contributed by atoms with Crippen molar-refractivity contribution >= 4 is 11.9 Å². The molecule has 0 bridgehead atoms. The van der Waals surface area contributed by atoms with Crippen molar-refractivity contribution in [3.8, 4) is 0 Å². The maximum atomic E-state index is 12.9. The Bertz CT molecular complexity index is 733. The zero-order chi connectivity index (χ0) is 19.2. The molecule has 0 aliphatic heterocycles. The van der Waals surface area contributed by atoms with Gasteiger partial charge in [0.05, 0.1) is 0 Å². The first-order valence-electron chi connectivity index (χ1n) is 7.87. The lowest BCUT2D eigenvalue weighted by atomic mass is 10.0. The number of halogens is 3. The maximum Gasteiger partial charge on any atom is 0.452 e. The molecule has 0 aliphatic rings. The van der Waals surface area contributed by atoms with E-state index in [-0.39, 0.29) is 13.0 Å². The second-order valence-corrected chi connectivity index (χ2v) is 5.72. The zero-order valence-electron chi connectivity index (χ0n) is 14.1. The lowest BCUT2D eigenvalue weighted by Crippen LogP contribution is -2.49. The van der Waals surface area contributed by atoms with E-state index in [2.05, 4.69) is 0 Å². The number of benzene rings is 2. The van der Waals surface area contributed by atoms with Crippen molar-refractivity contribution in [2.45, 2.75) is 25.2 Å². The molecule has 7 heteroatoms. The number of likely N-dealkylation sites (N-methyl/N-ethyl adjacent to an activating group) is 1. The molecule has 26 heavy (non-hydrogen) atoms. The van der Waals surface area contributed by atoms with Crippen molar-refractivity contribution in [2.75, 3.05) is 7.05 Å². The molecule has 0 heterocycles. The van der Waals surface area contributed by atoms with Crippen LogP contribution in [0.5, 0.6) is 0 Å². The minimum Gasteiger partial charge on any atom is -0.445 e. The van der Waals surface area contributed by atoms with E-state index in [1.165, 1.54) is 0 Å². The average molecular weight is 365 g/mol. The molecular formula is C19H18F3NO3. The number of carbonyl (C=O) groups is 2. The highest BCUT2D eigenvalue weighted by Crippen LogP contribution is 2.23. The van der Waals surface area contributed by atoms with Gasteiger partial charge in [-0.2, -0.15) is 13.2 Å². The van der Waals surface area contributed by atoms with E-state index in [0.29, 0.717) is 16.0 Å². The number of nitrogens with zero attached hydrogens (tertiary/aromatic N) is 1. The summed E-state index contributed by atoms with van der Waals surface area (Å²) in [5.41, 5.74) is 1.20. The first kappa shape index (κ1) is 19.5. The third-order valence-corrected chi connectivity index (χ3v) is 3.81. The van der Waals surface area contributed by atoms with E-state index in [4.69, 9.17) is 4.74 Å². The molecule has 0 aliphatic carbocycles. The fraction of sp³-hybridized carbons (Fsp3) is 0.263. The Hall–Kier alpha value is -2.83. The second-order valence-electron chi connectivity index (χ2n) is 5.72. The lowest BCUT2D eigenvalue weighted by molar-refractivity contribution is -0.175. The molecule has 0 spiro atoms. The first-order valence-corrected chi connectivity index (χ1v) is 7.87. The Balaban J connectivity index is 2.12. The van der Waals surface area contributed by atoms with Gasteiger partial charge < -0.3 is 9.64 Å². The molecule has 138 valence electrons. The van der Waals surface area contributed by atoms with Crippen LogP contribution < -0.4 is 0 Å². The van der Waals surface area contributed by atoms with Crippen molar-refractivity contribution < 1.29 is 27.5 Å².